The molecule has 0 fully saturated rings. The third-order valence-electron chi connectivity index (χ3n) is 3.65. The lowest BCUT2D eigenvalue weighted by Crippen LogP contribution is -2.17. The Labute approximate surface area is 173 Å². The molecule has 148 valence electrons. The first kappa shape index (κ1) is 20.1. The average molecular weight is 459 g/mol. The van der Waals surface area contributed by atoms with Crippen LogP contribution in [0.3, 0.4) is 0 Å². The van der Waals surface area contributed by atoms with Crippen molar-refractivity contribution in [1.29, 1.82) is 0 Å². The molecule has 3 rings (SSSR count). The number of hydrazone groups is 1. The van der Waals surface area contributed by atoms with Crippen LogP contribution < -0.4 is 10.2 Å². The summed E-state index contributed by atoms with van der Waals surface area (Å²) >= 11 is 3.24. The predicted molar refractivity (Wildman–Crippen MR) is 107 cm³/mol. The average Bonchev–Trinajstić information content (AvgIpc) is 3.00. The molecule has 2 aromatic carbocycles. The van der Waals surface area contributed by atoms with Crippen LogP contribution in [0.25, 0.3) is 0 Å². The van der Waals surface area contributed by atoms with E-state index in [9.17, 15) is 19.8 Å². The van der Waals surface area contributed by atoms with Crippen LogP contribution in [0, 0.1) is 0 Å². The van der Waals surface area contributed by atoms with Crippen molar-refractivity contribution in [2.45, 2.75) is 0 Å². The van der Waals surface area contributed by atoms with Crippen molar-refractivity contribution < 1.29 is 24.5 Å². The Bertz CT molecular complexity index is 1110. The zero-order valence-corrected chi connectivity index (χ0v) is 16.6. The molecule has 0 aliphatic heterocycles. The maximum absolute atomic E-state index is 12.2. The molecule has 0 unspecified atom stereocenters. The first-order chi connectivity index (χ1) is 13.8. The fourth-order valence-corrected chi connectivity index (χ4v) is 2.89. The van der Waals surface area contributed by atoms with Crippen molar-refractivity contribution in [3.63, 3.8) is 0 Å². The maximum atomic E-state index is 12.2. The van der Waals surface area contributed by atoms with Crippen molar-refractivity contribution in [1.82, 2.24) is 15.2 Å². The number of nitrogens with zero attached hydrogens (tertiary/aromatic N) is 3. The Hall–Kier alpha value is -3.66. The van der Waals surface area contributed by atoms with Crippen LogP contribution in [-0.4, -0.2) is 38.1 Å². The van der Waals surface area contributed by atoms with E-state index < -0.39 is 11.9 Å². The SMILES string of the molecule is Cn1cc(Br)c(C(=O)Oc2cccc(/C=N/NC(=O)c3ccc(O)cc3O)c2)n1. The molecule has 1 amide bonds. The first-order valence-electron chi connectivity index (χ1n) is 8.20. The number of nitrogens with one attached hydrogen (secondary N) is 1. The number of halogens is 1. The molecule has 0 aliphatic carbocycles. The van der Waals surface area contributed by atoms with Gasteiger partial charge in [0.1, 0.15) is 17.2 Å². The highest BCUT2D eigenvalue weighted by Crippen LogP contribution is 2.22. The smallest absolute Gasteiger partial charge is 0.365 e. The van der Waals surface area contributed by atoms with Gasteiger partial charge in [0.05, 0.1) is 16.3 Å². The minimum absolute atomic E-state index is 0.0384. The van der Waals surface area contributed by atoms with Gasteiger partial charge < -0.3 is 14.9 Å². The molecule has 29 heavy (non-hydrogen) atoms. The van der Waals surface area contributed by atoms with E-state index in [1.54, 1.807) is 37.5 Å². The predicted octanol–water partition coefficient (Wildman–Crippen LogP) is 2.58. The normalized spacial score (nSPS) is 10.8. The Morgan fingerprint density at radius 2 is 2.03 bits per heavy atom. The van der Waals surface area contributed by atoms with E-state index in [2.05, 4.69) is 31.6 Å². The van der Waals surface area contributed by atoms with Crippen LogP contribution in [0.2, 0.25) is 0 Å². The van der Waals surface area contributed by atoms with Gasteiger partial charge in [-0.3, -0.25) is 9.48 Å². The van der Waals surface area contributed by atoms with Crippen LogP contribution in [0.5, 0.6) is 17.2 Å². The lowest BCUT2D eigenvalue weighted by molar-refractivity contribution is 0.0726. The number of benzene rings is 2. The molecule has 0 bridgehead atoms. The second-order valence-electron chi connectivity index (χ2n) is 5.86. The number of carbonyl (C=O) groups is 2. The topological polar surface area (TPSA) is 126 Å². The number of carbonyl (C=O) groups excluding carboxylic acids is 2. The molecule has 0 spiro atoms. The highest BCUT2D eigenvalue weighted by atomic mass is 79.9. The second-order valence-corrected chi connectivity index (χ2v) is 6.72. The summed E-state index contributed by atoms with van der Waals surface area (Å²) in [6, 6.07) is 10.1. The summed E-state index contributed by atoms with van der Waals surface area (Å²) < 4.78 is 7.31. The number of hydrogen-bond acceptors (Lipinski definition) is 7. The molecule has 10 heteroatoms. The molecule has 0 aliphatic rings. The van der Waals surface area contributed by atoms with Crippen LogP contribution in [0.4, 0.5) is 0 Å². The molecular formula is C19H15BrN4O5. The standard InChI is InChI=1S/C19H15BrN4O5/c1-24-10-15(20)17(23-24)19(28)29-13-4-2-3-11(7-13)9-21-22-18(27)14-6-5-12(25)8-16(14)26/h2-10,25-26H,1H3,(H,22,27)/b21-9+. The van der Waals surface area contributed by atoms with Gasteiger partial charge in [-0.05, 0) is 45.8 Å². The minimum atomic E-state index is -0.652. The van der Waals surface area contributed by atoms with E-state index in [1.165, 1.54) is 23.0 Å². The molecule has 1 aromatic heterocycles. The number of aromatic nitrogens is 2. The van der Waals surface area contributed by atoms with Gasteiger partial charge in [-0.25, -0.2) is 10.2 Å². The molecular weight excluding hydrogens is 444 g/mol. The quantitative estimate of drug-likeness (QED) is 0.233. The number of rotatable bonds is 5. The van der Waals surface area contributed by atoms with Crippen LogP contribution in [0.15, 0.2) is 58.2 Å². The highest BCUT2D eigenvalue weighted by molar-refractivity contribution is 9.10. The summed E-state index contributed by atoms with van der Waals surface area (Å²) in [6.07, 6.45) is 2.98. The Morgan fingerprint density at radius 1 is 1.24 bits per heavy atom. The number of aryl methyl sites for hydroxylation is 1. The summed E-state index contributed by atoms with van der Waals surface area (Å²) in [5.74, 6) is -1.53. The van der Waals surface area contributed by atoms with Gasteiger partial charge in [0, 0.05) is 19.3 Å². The largest absolute Gasteiger partial charge is 0.508 e. The Balaban J connectivity index is 1.65. The van der Waals surface area contributed by atoms with Crippen molar-refractivity contribution in [3.05, 3.63) is 70.0 Å². The zero-order valence-electron chi connectivity index (χ0n) is 15.0. The van der Waals surface area contributed by atoms with Gasteiger partial charge in [0.15, 0.2) is 5.69 Å². The molecule has 0 saturated carbocycles. The van der Waals surface area contributed by atoms with Gasteiger partial charge in [-0.1, -0.05) is 12.1 Å². The second kappa shape index (κ2) is 8.57. The fraction of sp³-hybridized carbons (Fsp3) is 0.0526. The molecule has 0 radical (unpaired) electrons. The first-order valence-corrected chi connectivity index (χ1v) is 8.99. The van der Waals surface area contributed by atoms with Gasteiger partial charge >= 0.3 is 5.97 Å². The summed E-state index contributed by atoms with van der Waals surface area (Å²) in [4.78, 5) is 24.2. The number of hydrogen-bond donors (Lipinski definition) is 3. The molecule has 9 nitrogen and oxygen atoms in total. The lowest BCUT2D eigenvalue weighted by Gasteiger charge is -2.04. The third-order valence-corrected chi connectivity index (χ3v) is 4.23. The number of aromatic hydroxyl groups is 2. The van der Waals surface area contributed by atoms with Crippen LogP contribution >= 0.6 is 15.9 Å². The van der Waals surface area contributed by atoms with Gasteiger partial charge in [0.2, 0.25) is 0 Å². The van der Waals surface area contributed by atoms with Gasteiger partial charge in [-0.2, -0.15) is 10.2 Å². The molecule has 0 atom stereocenters. The van der Waals surface area contributed by atoms with E-state index in [-0.39, 0.29) is 28.5 Å². The lowest BCUT2D eigenvalue weighted by atomic mass is 10.2. The summed E-state index contributed by atoms with van der Waals surface area (Å²) in [5.41, 5.74) is 2.93. The number of ether oxygens (including phenoxy) is 1. The van der Waals surface area contributed by atoms with E-state index in [0.717, 1.165) is 6.07 Å². The van der Waals surface area contributed by atoms with E-state index in [0.29, 0.717) is 10.0 Å². The molecule has 1 heterocycles. The Kier molecular flexibility index (Phi) is 5.93. The number of phenols is 2. The van der Waals surface area contributed by atoms with Crippen LogP contribution in [0.1, 0.15) is 26.4 Å². The monoisotopic (exact) mass is 458 g/mol. The minimum Gasteiger partial charge on any atom is -0.508 e. The van der Waals surface area contributed by atoms with E-state index in [4.69, 9.17) is 4.74 Å². The summed E-state index contributed by atoms with van der Waals surface area (Å²) in [5, 5.41) is 26.8. The zero-order chi connectivity index (χ0) is 21.0. The van der Waals surface area contributed by atoms with Crippen molar-refractivity contribution >= 4 is 34.0 Å². The summed E-state index contributed by atoms with van der Waals surface area (Å²) in [6.45, 7) is 0. The fourth-order valence-electron chi connectivity index (χ4n) is 2.35. The third kappa shape index (κ3) is 4.99. The maximum Gasteiger partial charge on any atom is 0.365 e. The number of phenolic OH excluding ortho intramolecular Hbond substituents is 2. The number of esters is 1. The molecule has 3 aromatic rings. The van der Waals surface area contributed by atoms with Gasteiger partial charge in [0.25, 0.3) is 5.91 Å². The van der Waals surface area contributed by atoms with Crippen molar-refractivity contribution in [2.24, 2.45) is 12.1 Å². The van der Waals surface area contributed by atoms with E-state index in [1.807, 2.05) is 0 Å². The van der Waals surface area contributed by atoms with E-state index >= 15 is 0 Å². The number of amides is 1. The van der Waals surface area contributed by atoms with Crippen LogP contribution in [-0.2, 0) is 7.05 Å². The highest BCUT2D eigenvalue weighted by Gasteiger charge is 2.17. The molecule has 0 saturated heterocycles. The molecule has 3 N–H and O–H groups in total. The van der Waals surface area contributed by atoms with Crippen molar-refractivity contribution in [3.8, 4) is 17.2 Å². The van der Waals surface area contributed by atoms with Crippen molar-refractivity contribution in [2.75, 3.05) is 0 Å². The van der Waals surface area contributed by atoms with Gasteiger partial charge in [-0.15, -0.1) is 0 Å². The summed E-state index contributed by atoms with van der Waals surface area (Å²) in [7, 11) is 1.69. The Morgan fingerprint density at radius 3 is 2.72 bits per heavy atom.